The minimum Gasteiger partial charge on any atom is -0.398 e. The zero-order valence-electron chi connectivity index (χ0n) is 7.63. The Balaban J connectivity index is 0.00000144. The third-order valence-corrected chi connectivity index (χ3v) is 1.60. The van der Waals surface area contributed by atoms with Crippen molar-refractivity contribution in [3.8, 4) is 0 Å². The molecule has 0 heterocycles. The average Bonchev–Trinajstić information content (AvgIpc) is 1.96. The summed E-state index contributed by atoms with van der Waals surface area (Å²) in [6.45, 7) is 3.39. The fourth-order valence-corrected chi connectivity index (χ4v) is 0.921. The van der Waals surface area contributed by atoms with Crippen LogP contribution in [0.3, 0.4) is 0 Å². The molecule has 0 aliphatic carbocycles. The molecule has 1 aromatic rings. The maximum atomic E-state index is 10.7. The fourth-order valence-electron chi connectivity index (χ4n) is 0.921. The van der Waals surface area contributed by atoms with Gasteiger partial charge in [-0.25, -0.2) is 0 Å². The van der Waals surface area contributed by atoms with Crippen LogP contribution in [-0.2, 0) is 4.79 Å². The molecule has 0 atom stereocenters. The molecule has 0 aromatic heterocycles. The third kappa shape index (κ3) is 3.34. The molecule has 0 fully saturated rings. The van der Waals surface area contributed by atoms with Crippen molar-refractivity contribution in [2.45, 2.75) is 13.8 Å². The zero-order chi connectivity index (χ0) is 9.14. The van der Waals surface area contributed by atoms with E-state index in [9.17, 15) is 4.79 Å². The summed E-state index contributed by atoms with van der Waals surface area (Å²) in [5, 5.41) is 2.65. The van der Waals surface area contributed by atoms with Gasteiger partial charge < -0.3 is 11.1 Å². The lowest BCUT2D eigenvalue weighted by atomic mass is 10.2. The number of hydrogen-bond donors (Lipinski definition) is 2. The van der Waals surface area contributed by atoms with Crippen LogP contribution >= 0.6 is 12.4 Å². The number of nitrogen functional groups attached to an aromatic ring is 1. The van der Waals surface area contributed by atoms with Gasteiger partial charge in [0.1, 0.15) is 0 Å². The molecule has 0 radical (unpaired) electrons. The standard InChI is InChI=1S/C9H12N2O.ClH/c1-6-3-4-8(5-9(6)10)11-7(2)12;/h3-5H,10H2,1-2H3,(H,11,12);1H. The van der Waals surface area contributed by atoms with Crippen molar-refractivity contribution in [2.75, 3.05) is 11.1 Å². The summed E-state index contributed by atoms with van der Waals surface area (Å²) in [6.07, 6.45) is 0. The molecule has 72 valence electrons. The van der Waals surface area contributed by atoms with Gasteiger partial charge in [-0.15, -0.1) is 12.4 Å². The van der Waals surface area contributed by atoms with Gasteiger partial charge in [-0.1, -0.05) is 6.07 Å². The number of rotatable bonds is 1. The number of carbonyl (C=O) groups excluding carboxylic acids is 1. The Hall–Kier alpha value is -1.22. The van der Waals surface area contributed by atoms with Crippen LogP contribution < -0.4 is 11.1 Å². The Labute approximate surface area is 83.7 Å². The summed E-state index contributed by atoms with van der Waals surface area (Å²) in [4.78, 5) is 10.7. The van der Waals surface area contributed by atoms with E-state index >= 15 is 0 Å². The number of benzene rings is 1. The second-order valence-electron chi connectivity index (χ2n) is 2.75. The summed E-state index contributed by atoms with van der Waals surface area (Å²) < 4.78 is 0. The lowest BCUT2D eigenvalue weighted by molar-refractivity contribution is -0.114. The highest BCUT2D eigenvalue weighted by Gasteiger charge is 1.97. The second-order valence-corrected chi connectivity index (χ2v) is 2.75. The topological polar surface area (TPSA) is 55.1 Å². The summed E-state index contributed by atoms with van der Waals surface area (Å²) in [5.41, 5.74) is 8.10. The van der Waals surface area contributed by atoms with Crippen molar-refractivity contribution >= 4 is 29.7 Å². The molecule has 0 unspecified atom stereocenters. The molecule has 0 saturated carbocycles. The lowest BCUT2D eigenvalue weighted by Gasteiger charge is -2.04. The van der Waals surface area contributed by atoms with E-state index in [-0.39, 0.29) is 18.3 Å². The lowest BCUT2D eigenvalue weighted by Crippen LogP contribution is -2.06. The maximum Gasteiger partial charge on any atom is 0.221 e. The molecule has 1 amide bonds. The number of amides is 1. The summed E-state index contributed by atoms with van der Waals surface area (Å²) >= 11 is 0. The monoisotopic (exact) mass is 200 g/mol. The van der Waals surface area contributed by atoms with Crippen LogP contribution in [0.4, 0.5) is 11.4 Å². The molecule has 1 aromatic carbocycles. The SMILES string of the molecule is CC(=O)Nc1ccc(C)c(N)c1.Cl. The molecule has 13 heavy (non-hydrogen) atoms. The van der Waals surface area contributed by atoms with Gasteiger partial charge in [0, 0.05) is 18.3 Å². The van der Waals surface area contributed by atoms with Crippen molar-refractivity contribution in [2.24, 2.45) is 0 Å². The van der Waals surface area contributed by atoms with Crippen LogP contribution in [-0.4, -0.2) is 5.91 Å². The normalized spacial score (nSPS) is 8.77. The molecule has 0 bridgehead atoms. The van der Waals surface area contributed by atoms with Gasteiger partial charge in [-0.3, -0.25) is 4.79 Å². The van der Waals surface area contributed by atoms with Gasteiger partial charge in [-0.05, 0) is 24.6 Å². The number of nitrogens with one attached hydrogen (secondary N) is 1. The highest BCUT2D eigenvalue weighted by molar-refractivity contribution is 5.89. The van der Waals surface area contributed by atoms with E-state index in [0.717, 1.165) is 11.3 Å². The second kappa shape index (κ2) is 4.72. The number of hydrogen-bond acceptors (Lipinski definition) is 2. The number of halogens is 1. The first-order valence-corrected chi connectivity index (χ1v) is 3.73. The first-order chi connectivity index (χ1) is 5.59. The van der Waals surface area contributed by atoms with E-state index in [1.54, 1.807) is 6.07 Å². The third-order valence-electron chi connectivity index (χ3n) is 1.60. The molecule has 3 nitrogen and oxygen atoms in total. The summed E-state index contributed by atoms with van der Waals surface area (Å²) in [5.74, 6) is -0.0850. The first kappa shape index (κ1) is 11.8. The van der Waals surface area contributed by atoms with Crippen molar-refractivity contribution < 1.29 is 4.79 Å². The Morgan fingerprint density at radius 1 is 1.46 bits per heavy atom. The first-order valence-electron chi connectivity index (χ1n) is 3.73. The Bertz CT molecular complexity index is 312. The Morgan fingerprint density at radius 3 is 2.54 bits per heavy atom. The minimum absolute atomic E-state index is 0. The maximum absolute atomic E-state index is 10.7. The van der Waals surface area contributed by atoms with Crippen LogP contribution in [0.2, 0.25) is 0 Å². The number of aryl methyl sites for hydroxylation is 1. The molecular weight excluding hydrogens is 188 g/mol. The highest BCUT2D eigenvalue weighted by Crippen LogP contribution is 2.16. The minimum atomic E-state index is -0.0850. The van der Waals surface area contributed by atoms with Crippen molar-refractivity contribution in [3.63, 3.8) is 0 Å². The van der Waals surface area contributed by atoms with E-state index < -0.39 is 0 Å². The molecule has 0 spiro atoms. The van der Waals surface area contributed by atoms with Crippen molar-refractivity contribution in [1.29, 1.82) is 0 Å². The van der Waals surface area contributed by atoms with Gasteiger partial charge in [0.15, 0.2) is 0 Å². The van der Waals surface area contributed by atoms with Crippen LogP contribution in [0, 0.1) is 6.92 Å². The van der Waals surface area contributed by atoms with Gasteiger partial charge in [-0.2, -0.15) is 0 Å². The predicted octanol–water partition coefficient (Wildman–Crippen LogP) is 1.96. The average molecular weight is 201 g/mol. The molecule has 3 N–H and O–H groups in total. The van der Waals surface area contributed by atoms with Crippen LogP contribution in [0.15, 0.2) is 18.2 Å². The van der Waals surface area contributed by atoms with E-state index in [1.807, 2.05) is 19.1 Å². The molecule has 0 aliphatic heterocycles. The molecule has 4 heteroatoms. The number of carbonyl (C=O) groups is 1. The summed E-state index contributed by atoms with van der Waals surface area (Å²) in [7, 11) is 0. The molecule has 0 aliphatic rings. The molecular formula is C9H13ClN2O. The smallest absolute Gasteiger partial charge is 0.221 e. The zero-order valence-corrected chi connectivity index (χ0v) is 8.44. The van der Waals surface area contributed by atoms with Crippen molar-refractivity contribution in [3.05, 3.63) is 23.8 Å². The number of nitrogens with two attached hydrogens (primary N) is 1. The van der Waals surface area contributed by atoms with Crippen LogP contribution in [0.1, 0.15) is 12.5 Å². The van der Waals surface area contributed by atoms with E-state index in [4.69, 9.17) is 5.73 Å². The highest BCUT2D eigenvalue weighted by atomic mass is 35.5. The molecule has 1 rings (SSSR count). The van der Waals surface area contributed by atoms with E-state index in [0.29, 0.717) is 5.69 Å². The quantitative estimate of drug-likeness (QED) is 0.681. The Morgan fingerprint density at radius 2 is 2.08 bits per heavy atom. The van der Waals surface area contributed by atoms with E-state index in [2.05, 4.69) is 5.32 Å². The van der Waals surface area contributed by atoms with Gasteiger partial charge >= 0.3 is 0 Å². The predicted molar refractivity (Wildman–Crippen MR) is 57.1 cm³/mol. The van der Waals surface area contributed by atoms with Crippen LogP contribution in [0.25, 0.3) is 0 Å². The van der Waals surface area contributed by atoms with Gasteiger partial charge in [0.25, 0.3) is 0 Å². The van der Waals surface area contributed by atoms with Crippen LogP contribution in [0.5, 0.6) is 0 Å². The Kier molecular flexibility index (Phi) is 4.28. The largest absolute Gasteiger partial charge is 0.398 e. The fraction of sp³-hybridized carbons (Fsp3) is 0.222. The number of anilines is 2. The summed E-state index contributed by atoms with van der Waals surface area (Å²) in [6, 6.07) is 5.45. The van der Waals surface area contributed by atoms with E-state index in [1.165, 1.54) is 6.92 Å². The van der Waals surface area contributed by atoms with Crippen molar-refractivity contribution in [1.82, 2.24) is 0 Å². The van der Waals surface area contributed by atoms with Gasteiger partial charge in [0.2, 0.25) is 5.91 Å². The molecule has 0 saturated heterocycles. The van der Waals surface area contributed by atoms with Gasteiger partial charge in [0.05, 0.1) is 0 Å².